The number of halogens is 1. The third-order valence-corrected chi connectivity index (χ3v) is 3.59. The number of H-pyrrole nitrogens is 1. The van der Waals surface area contributed by atoms with Crippen molar-refractivity contribution in [3.63, 3.8) is 0 Å². The minimum atomic E-state index is -0.678. The molecule has 1 aromatic carbocycles. The van der Waals surface area contributed by atoms with Gasteiger partial charge in [0.2, 0.25) is 0 Å². The van der Waals surface area contributed by atoms with E-state index < -0.39 is 11.8 Å². The standard InChI is InChI=1S/C16H16FN5O4/c1-25-12-6-10(17)11(7-13(12)26-2)21-16(24)18-8-9-5-15(23)22-14(20-9)3-4-19-22/h3-7,19H,8H2,1-2H3,(H2,18,21,24). The molecule has 0 fully saturated rings. The molecule has 10 heteroatoms. The zero-order valence-electron chi connectivity index (χ0n) is 14.0. The van der Waals surface area contributed by atoms with E-state index >= 15 is 0 Å². The molecule has 0 unspecified atom stereocenters. The molecule has 2 amide bonds. The van der Waals surface area contributed by atoms with Crippen molar-refractivity contribution in [2.24, 2.45) is 0 Å². The number of rotatable bonds is 5. The number of aromatic nitrogens is 3. The number of anilines is 1. The molecule has 0 bridgehead atoms. The van der Waals surface area contributed by atoms with Crippen LogP contribution in [0.4, 0.5) is 14.9 Å². The van der Waals surface area contributed by atoms with Gasteiger partial charge in [-0.2, -0.15) is 0 Å². The van der Waals surface area contributed by atoms with Crippen molar-refractivity contribution in [1.82, 2.24) is 19.9 Å². The summed E-state index contributed by atoms with van der Waals surface area (Å²) < 4.78 is 25.4. The van der Waals surface area contributed by atoms with Crippen molar-refractivity contribution >= 4 is 17.4 Å². The van der Waals surface area contributed by atoms with Crippen LogP contribution in [-0.2, 0) is 6.54 Å². The summed E-state index contributed by atoms with van der Waals surface area (Å²) in [7, 11) is 2.79. The summed E-state index contributed by atoms with van der Waals surface area (Å²) >= 11 is 0. The summed E-state index contributed by atoms with van der Waals surface area (Å²) in [4.78, 5) is 28.1. The first-order valence-electron chi connectivity index (χ1n) is 7.54. The van der Waals surface area contributed by atoms with Gasteiger partial charge >= 0.3 is 6.03 Å². The molecule has 0 aliphatic heterocycles. The summed E-state index contributed by atoms with van der Waals surface area (Å²) in [5.74, 6) is -0.194. The van der Waals surface area contributed by atoms with Gasteiger partial charge in [-0.1, -0.05) is 0 Å². The van der Waals surface area contributed by atoms with E-state index in [1.165, 1.54) is 30.9 Å². The quantitative estimate of drug-likeness (QED) is 0.638. The fraction of sp³-hybridized carbons (Fsp3) is 0.188. The number of nitrogens with zero attached hydrogens (tertiary/aromatic N) is 2. The maximum absolute atomic E-state index is 14.0. The molecule has 3 N–H and O–H groups in total. The predicted molar refractivity (Wildman–Crippen MR) is 91.2 cm³/mol. The monoisotopic (exact) mass is 361 g/mol. The van der Waals surface area contributed by atoms with E-state index in [1.807, 2.05) is 0 Å². The van der Waals surface area contributed by atoms with Gasteiger partial charge in [-0.25, -0.2) is 18.7 Å². The number of benzene rings is 1. The lowest BCUT2D eigenvalue weighted by Crippen LogP contribution is -2.29. The second-order valence-electron chi connectivity index (χ2n) is 5.24. The summed E-state index contributed by atoms with van der Waals surface area (Å²) in [6, 6.07) is 4.68. The first-order chi connectivity index (χ1) is 12.5. The van der Waals surface area contributed by atoms with Crippen LogP contribution < -0.4 is 25.7 Å². The molecular weight excluding hydrogens is 345 g/mol. The van der Waals surface area contributed by atoms with E-state index in [0.29, 0.717) is 11.3 Å². The zero-order valence-corrected chi connectivity index (χ0v) is 14.0. The minimum absolute atomic E-state index is 0.00232. The molecule has 0 aliphatic carbocycles. The Bertz CT molecular complexity index is 1010. The third kappa shape index (κ3) is 3.43. The second kappa shape index (κ2) is 7.13. The molecule has 9 nitrogen and oxygen atoms in total. The third-order valence-electron chi connectivity index (χ3n) is 3.59. The fourth-order valence-electron chi connectivity index (χ4n) is 2.36. The smallest absolute Gasteiger partial charge is 0.319 e. The first-order valence-corrected chi connectivity index (χ1v) is 7.54. The topological polar surface area (TPSA) is 110 Å². The van der Waals surface area contributed by atoms with Crippen LogP contribution in [0.25, 0.3) is 5.65 Å². The maximum Gasteiger partial charge on any atom is 0.319 e. The van der Waals surface area contributed by atoms with Crippen molar-refractivity contribution in [2.75, 3.05) is 19.5 Å². The maximum atomic E-state index is 14.0. The highest BCUT2D eigenvalue weighted by Crippen LogP contribution is 2.32. The van der Waals surface area contributed by atoms with Gasteiger partial charge in [0.25, 0.3) is 5.56 Å². The number of nitrogens with one attached hydrogen (secondary N) is 3. The van der Waals surface area contributed by atoms with Crippen molar-refractivity contribution in [3.05, 3.63) is 52.3 Å². The lowest BCUT2D eigenvalue weighted by atomic mass is 10.2. The Morgan fingerprint density at radius 1 is 1.27 bits per heavy atom. The van der Waals surface area contributed by atoms with E-state index in [9.17, 15) is 14.0 Å². The Hall–Kier alpha value is -3.56. The van der Waals surface area contributed by atoms with Gasteiger partial charge in [0.05, 0.1) is 32.1 Å². The average Bonchev–Trinajstić information content (AvgIpc) is 3.10. The Labute approximate surface area is 146 Å². The Morgan fingerprint density at radius 3 is 2.73 bits per heavy atom. The molecule has 0 spiro atoms. The number of carbonyl (C=O) groups is 1. The molecule has 0 saturated heterocycles. The van der Waals surface area contributed by atoms with Crippen LogP contribution in [0.5, 0.6) is 11.5 Å². The Kier molecular flexibility index (Phi) is 4.74. The van der Waals surface area contributed by atoms with E-state index in [2.05, 4.69) is 20.7 Å². The van der Waals surface area contributed by atoms with E-state index in [1.54, 1.807) is 12.3 Å². The normalized spacial score (nSPS) is 10.6. The number of urea groups is 1. The van der Waals surface area contributed by atoms with Crippen LogP contribution in [-0.4, -0.2) is 34.8 Å². The second-order valence-corrected chi connectivity index (χ2v) is 5.24. The van der Waals surface area contributed by atoms with Crippen molar-refractivity contribution in [3.8, 4) is 11.5 Å². The van der Waals surface area contributed by atoms with Crippen LogP contribution in [0, 0.1) is 5.82 Å². The van der Waals surface area contributed by atoms with Crippen LogP contribution in [0.1, 0.15) is 5.69 Å². The molecule has 0 aliphatic rings. The van der Waals surface area contributed by atoms with Gasteiger partial charge in [0, 0.05) is 30.5 Å². The van der Waals surface area contributed by atoms with Crippen molar-refractivity contribution < 1.29 is 18.7 Å². The van der Waals surface area contributed by atoms with Crippen LogP contribution >= 0.6 is 0 Å². The molecule has 2 heterocycles. The molecule has 0 radical (unpaired) electrons. The van der Waals surface area contributed by atoms with Gasteiger partial charge in [0.15, 0.2) is 23.0 Å². The number of amides is 2. The van der Waals surface area contributed by atoms with E-state index in [4.69, 9.17) is 9.47 Å². The number of carbonyl (C=O) groups excluding carboxylic acids is 1. The van der Waals surface area contributed by atoms with Crippen molar-refractivity contribution in [2.45, 2.75) is 6.54 Å². The SMILES string of the molecule is COc1cc(F)c(NC(=O)NCc2cc(=O)n3[nH]ccc3n2)cc1OC. The van der Waals surface area contributed by atoms with Gasteiger partial charge < -0.3 is 20.1 Å². The molecule has 26 heavy (non-hydrogen) atoms. The summed E-state index contributed by atoms with van der Waals surface area (Å²) in [6.45, 7) is -0.00232. The summed E-state index contributed by atoms with van der Waals surface area (Å²) in [5.41, 5.74) is 0.426. The summed E-state index contributed by atoms with van der Waals surface area (Å²) in [6.07, 6.45) is 1.58. The van der Waals surface area contributed by atoms with E-state index in [-0.39, 0.29) is 29.3 Å². The van der Waals surface area contributed by atoms with Crippen LogP contribution in [0.3, 0.4) is 0 Å². The average molecular weight is 361 g/mol. The van der Waals surface area contributed by atoms with Gasteiger partial charge in [0.1, 0.15) is 0 Å². The Morgan fingerprint density at radius 2 is 2.00 bits per heavy atom. The molecule has 0 saturated carbocycles. The minimum Gasteiger partial charge on any atom is -0.493 e. The zero-order chi connectivity index (χ0) is 18.7. The molecule has 3 rings (SSSR count). The predicted octanol–water partition coefficient (Wildman–Crippen LogP) is 1.50. The molecular formula is C16H16FN5O4. The number of aromatic amines is 1. The highest BCUT2D eigenvalue weighted by molar-refractivity contribution is 5.89. The van der Waals surface area contributed by atoms with Gasteiger partial charge in [-0.15, -0.1) is 0 Å². The number of hydrogen-bond donors (Lipinski definition) is 3. The van der Waals surface area contributed by atoms with Gasteiger partial charge in [-0.3, -0.25) is 9.89 Å². The van der Waals surface area contributed by atoms with Gasteiger partial charge in [-0.05, 0) is 0 Å². The highest BCUT2D eigenvalue weighted by atomic mass is 19.1. The Balaban J connectivity index is 1.69. The fourth-order valence-corrected chi connectivity index (χ4v) is 2.36. The number of ether oxygens (including phenoxy) is 2. The van der Waals surface area contributed by atoms with Crippen LogP contribution in [0.15, 0.2) is 35.3 Å². The first kappa shape index (κ1) is 17.3. The number of hydrogen-bond acceptors (Lipinski definition) is 5. The molecule has 0 atom stereocenters. The lowest BCUT2D eigenvalue weighted by Gasteiger charge is -2.12. The molecule has 3 aromatic rings. The lowest BCUT2D eigenvalue weighted by molar-refractivity contribution is 0.251. The highest BCUT2D eigenvalue weighted by Gasteiger charge is 2.13. The van der Waals surface area contributed by atoms with E-state index in [0.717, 1.165) is 6.07 Å². The molecule has 2 aromatic heterocycles. The van der Waals surface area contributed by atoms with Crippen LogP contribution in [0.2, 0.25) is 0 Å². The molecule has 136 valence electrons. The largest absolute Gasteiger partial charge is 0.493 e. The van der Waals surface area contributed by atoms with Crippen molar-refractivity contribution in [1.29, 1.82) is 0 Å². The number of methoxy groups -OCH3 is 2. The number of fused-ring (bicyclic) bond motifs is 1. The summed E-state index contributed by atoms with van der Waals surface area (Å²) in [5, 5.41) is 7.61.